The van der Waals surface area contributed by atoms with Gasteiger partial charge in [0.2, 0.25) is 0 Å². The van der Waals surface area contributed by atoms with Crippen LogP contribution in [0, 0.1) is 17.8 Å². The van der Waals surface area contributed by atoms with E-state index in [1.165, 1.54) is 31.2 Å². The van der Waals surface area contributed by atoms with Gasteiger partial charge in [0.05, 0.1) is 0 Å². The first-order chi connectivity index (χ1) is 9.11. The van der Waals surface area contributed by atoms with Crippen molar-refractivity contribution in [1.29, 1.82) is 0 Å². The molecule has 0 bridgehead atoms. The monoisotopic (exact) mass is 280 g/mol. The van der Waals surface area contributed by atoms with Crippen LogP contribution in [0.2, 0.25) is 5.02 Å². The summed E-state index contributed by atoms with van der Waals surface area (Å²) in [5.41, 5.74) is 4.26. The maximum atomic E-state index is 5.95. The molecular formula is C16H25ClN2. The lowest BCUT2D eigenvalue weighted by Gasteiger charge is -2.35. The first-order valence-electron chi connectivity index (χ1n) is 7.33. The number of nitrogens with one attached hydrogen (secondary N) is 1. The molecule has 1 aromatic rings. The van der Waals surface area contributed by atoms with Gasteiger partial charge in [-0.2, -0.15) is 0 Å². The Hall–Kier alpha value is -0.570. The molecule has 0 aliphatic heterocycles. The second kappa shape index (κ2) is 6.74. The predicted octanol–water partition coefficient (Wildman–Crippen LogP) is 4.31. The zero-order chi connectivity index (χ0) is 13.8. The van der Waals surface area contributed by atoms with Crippen LogP contribution in [0.1, 0.15) is 51.1 Å². The van der Waals surface area contributed by atoms with Crippen LogP contribution in [0.5, 0.6) is 0 Å². The Morgan fingerprint density at radius 1 is 1.05 bits per heavy atom. The zero-order valence-electron chi connectivity index (χ0n) is 11.9. The molecule has 0 spiro atoms. The summed E-state index contributed by atoms with van der Waals surface area (Å²) in [5.74, 6) is 8.12. The first kappa shape index (κ1) is 14.8. The Labute approximate surface area is 121 Å². The molecule has 0 radical (unpaired) electrons. The molecule has 0 heterocycles. The number of hydrogen-bond acceptors (Lipinski definition) is 2. The number of benzene rings is 1. The van der Waals surface area contributed by atoms with Crippen molar-refractivity contribution in [2.24, 2.45) is 23.6 Å². The highest BCUT2D eigenvalue weighted by Gasteiger charge is 2.29. The minimum atomic E-state index is 0.255. The highest BCUT2D eigenvalue weighted by molar-refractivity contribution is 6.30. The molecule has 0 saturated heterocycles. The van der Waals surface area contributed by atoms with Gasteiger partial charge >= 0.3 is 0 Å². The van der Waals surface area contributed by atoms with Crippen LogP contribution in [-0.4, -0.2) is 0 Å². The van der Waals surface area contributed by atoms with Crippen LogP contribution in [0.4, 0.5) is 0 Å². The van der Waals surface area contributed by atoms with E-state index in [4.69, 9.17) is 17.4 Å². The number of nitrogens with two attached hydrogens (primary N) is 1. The normalized spacial score (nSPS) is 25.5. The molecule has 0 amide bonds. The van der Waals surface area contributed by atoms with Crippen LogP contribution in [0.15, 0.2) is 24.3 Å². The molecule has 106 valence electrons. The highest BCUT2D eigenvalue weighted by atomic mass is 35.5. The van der Waals surface area contributed by atoms with E-state index in [2.05, 4.69) is 31.4 Å². The van der Waals surface area contributed by atoms with E-state index in [0.717, 1.165) is 16.9 Å². The van der Waals surface area contributed by atoms with E-state index in [0.29, 0.717) is 5.92 Å². The summed E-state index contributed by atoms with van der Waals surface area (Å²) >= 11 is 5.95. The predicted molar refractivity (Wildman–Crippen MR) is 81.8 cm³/mol. The second-order valence-electron chi connectivity index (χ2n) is 6.11. The van der Waals surface area contributed by atoms with Crippen molar-refractivity contribution in [2.45, 2.75) is 45.6 Å². The van der Waals surface area contributed by atoms with Gasteiger partial charge in [-0.25, -0.2) is 0 Å². The summed E-state index contributed by atoms with van der Waals surface area (Å²) in [5, 5.41) is 0.781. The smallest absolute Gasteiger partial charge is 0.0488 e. The summed E-state index contributed by atoms with van der Waals surface area (Å²) < 4.78 is 0. The molecule has 19 heavy (non-hydrogen) atoms. The van der Waals surface area contributed by atoms with Gasteiger partial charge in [-0.1, -0.05) is 37.6 Å². The van der Waals surface area contributed by atoms with Crippen LogP contribution < -0.4 is 11.3 Å². The van der Waals surface area contributed by atoms with Gasteiger partial charge < -0.3 is 0 Å². The molecule has 2 nitrogen and oxygen atoms in total. The third-order valence-electron chi connectivity index (χ3n) is 4.64. The van der Waals surface area contributed by atoms with Gasteiger partial charge in [0.25, 0.3) is 0 Å². The molecule has 3 heteroatoms. The van der Waals surface area contributed by atoms with E-state index >= 15 is 0 Å². The van der Waals surface area contributed by atoms with Crippen molar-refractivity contribution in [2.75, 3.05) is 0 Å². The molecule has 1 saturated carbocycles. The number of rotatable bonds is 4. The molecule has 1 aromatic carbocycles. The van der Waals surface area contributed by atoms with Gasteiger partial charge in [0, 0.05) is 11.1 Å². The molecule has 2 rings (SSSR count). The van der Waals surface area contributed by atoms with Crippen molar-refractivity contribution < 1.29 is 0 Å². The summed E-state index contributed by atoms with van der Waals surface area (Å²) in [4.78, 5) is 0. The molecule has 0 aromatic heterocycles. The maximum absolute atomic E-state index is 5.95. The minimum Gasteiger partial charge on any atom is -0.271 e. The Bertz CT molecular complexity index is 380. The van der Waals surface area contributed by atoms with Crippen LogP contribution in [0.25, 0.3) is 0 Å². The lowest BCUT2D eigenvalue weighted by molar-refractivity contribution is 0.189. The first-order valence-corrected chi connectivity index (χ1v) is 7.71. The quantitative estimate of drug-likeness (QED) is 0.637. The Balaban J connectivity index is 2.01. The Morgan fingerprint density at radius 2 is 1.58 bits per heavy atom. The fourth-order valence-corrected chi connectivity index (χ4v) is 3.45. The van der Waals surface area contributed by atoms with E-state index < -0.39 is 0 Å². The average Bonchev–Trinajstić information content (AvgIpc) is 2.42. The summed E-state index contributed by atoms with van der Waals surface area (Å²) in [6.07, 6.45) is 5.18. The lowest BCUT2D eigenvalue weighted by atomic mass is 9.73. The SMILES string of the molecule is CC(C)C1CCC(C(NN)c2ccc(Cl)cc2)CC1. The third kappa shape index (κ3) is 3.71. The summed E-state index contributed by atoms with van der Waals surface area (Å²) in [6, 6.07) is 8.32. The van der Waals surface area contributed by atoms with Gasteiger partial charge in [-0.3, -0.25) is 11.3 Å². The number of hydrazine groups is 1. The lowest BCUT2D eigenvalue weighted by Crippen LogP contribution is -2.35. The van der Waals surface area contributed by atoms with Gasteiger partial charge in [0.15, 0.2) is 0 Å². The van der Waals surface area contributed by atoms with E-state index in [1.54, 1.807) is 0 Å². The van der Waals surface area contributed by atoms with Crippen molar-refractivity contribution >= 4 is 11.6 Å². The van der Waals surface area contributed by atoms with Crippen molar-refractivity contribution in [1.82, 2.24) is 5.43 Å². The molecule has 1 unspecified atom stereocenters. The topological polar surface area (TPSA) is 38.0 Å². The zero-order valence-corrected chi connectivity index (χ0v) is 12.7. The van der Waals surface area contributed by atoms with Crippen molar-refractivity contribution in [3.8, 4) is 0 Å². The third-order valence-corrected chi connectivity index (χ3v) is 4.89. The minimum absolute atomic E-state index is 0.255. The van der Waals surface area contributed by atoms with E-state index in [1.807, 2.05) is 12.1 Å². The van der Waals surface area contributed by atoms with Crippen LogP contribution in [-0.2, 0) is 0 Å². The van der Waals surface area contributed by atoms with Gasteiger partial charge in [-0.15, -0.1) is 0 Å². The highest BCUT2D eigenvalue weighted by Crippen LogP contribution is 2.39. The Kier molecular flexibility index (Phi) is 5.26. The molecule has 1 aliphatic rings. The van der Waals surface area contributed by atoms with E-state index in [9.17, 15) is 0 Å². The Morgan fingerprint density at radius 3 is 2.05 bits per heavy atom. The summed E-state index contributed by atoms with van der Waals surface area (Å²) in [7, 11) is 0. The number of halogens is 1. The maximum Gasteiger partial charge on any atom is 0.0488 e. The largest absolute Gasteiger partial charge is 0.271 e. The second-order valence-corrected chi connectivity index (χ2v) is 6.55. The molecule has 1 fully saturated rings. The van der Waals surface area contributed by atoms with Crippen molar-refractivity contribution in [3.63, 3.8) is 0 Å². The molecule has 1 aliphatic carbocycles. The standard InChI is InChI=1S/C16H25ClN2/c1-11(2)12-3-5-13(6-4-12)16(19-18)14-7-9-15(17)10-8-14/h7-13,16,19H,3-6,18H2,1-2H3. The summed E-state index contributed by atoms with van der Waals surface area (Å²) in [6.45, 7) is 4.67. The number of hydrogen-bond donors (Lipinski definition) is 2. The van der Waals surface area contributed by atoms with Crippen LogP contribution in [0.3, 0.4) is 0 Å². The van der Waals surface area contributed by atoms with Gasteiger partial charge in [0.1, 0.15) is 0 Å². The molecular weight excluding hydrogens is 256 g/mol. The van der Waals surface area contributed by atoms with E-state index in [-0.39, 0.29) is 6.04 Å². The van der Waals surface area contributed by atoms with Crippen molar-refractivity contribution in [3.05, 3.63) is 34.9 Å². The van der Waals surface area contributed by atoms with Gasteiger partial charge in [-0.05, 0) is 61.1 Å². The molecule has 3 N–H and O–H groups in total. The fourth-order valence-electron chi connectivity index (χ4n) is 3.32. The fraction of sp³-hybridized carbons (Fsp3) is 0.625. The average molecular weight is 281 g/mol. The molecule has 1 atom stereocenters. The van der Waals surface area contributed by atoms with Crippen LogP contribution >= 0.6 is 11.6 Å².